The van der Waals surface area contributed by atoms with Crippen molar-refractivity contribution in [3.05, 3.63) is 31.6 Å². The van der Waals surface area contributed by atoms with Crippen molar-refractivity contribution in [1.82, 2.24) is 20.2 Å². The molecule has 1 N–H and O–H groups in total. The zero-order chi connectivity index (χ0) is 17.3. The molecule has 0 bridgehead atoms. The molecule has 7 nitrogen and oxygen atoms in total. The normalized spacial score (nSPS) is 11.1. The van der Waals surface area contributed by atoms with Crippen LogP contribution >= 0.6 is 34.4 Å². The molecule has 0 saturated heterocycles. The number of aromatic nitrogens is 4. The van der Waals surface area contributed by atoms with E-state index < -0.39 is 5.97 Å². The Morgan fingerprint density at radius 1 is 1.29 bits per heavy atom. The number of hydrogen-bond acceptors (Lipinski definition) is 9. The molecule has 24 heavy (non-hydrogen) atoms. The van der Waals surface area contributed by atoms with Gasteiger partial charge in [0.1, 0.15) is 20.5 Å². The standard InChI is InChI=1S/C14H14N4O3S3/c1-4-21-13(20)10-6(2)9-11(19)15-8(16-12(9)24-10)5-22-14-18-17-7(3)23-14/h4-5H2,1-3H3,(H,15,16,19). The largest absolute Gasteiger partial charge is 0.462 e. The van der Waals surface area contributed by atoms with Gasteiger partial charge in [0, 0.05) is 0 Å². The Bertz CT molecular complexity index is 960. The molecule has 10 heteroatoms. The van der Waals surface area contributed by atoms with Crippen LogP contribution in [0.2, 0.25) is 0 Å². The van der Waals surface area contributed by atoms with Gasteiger partial charge < -0.3 is 9.72 Å². The van der Waals surface area contributed by atoms with Crippen LogP contribution in [-0.4, -0.2) is 32.7 Å². The average Bonchev–Trinajstić information content (AvgIpc) is 3.09. The first kappa shape index (κ1) is 17.1. The van der Waals surface area contributed by atoms with Gasteiger partial charge in [0.2, 0.25) is 0 Å². The number of nitrogens with one attached hydrogen (secondary N) is 1. The van der Waals surface area contributed by atoms with Crippen LogP contribution in [0.25, 0.3) is 10.2 Å². The van der Waals surface area contributed by atoms with Gasteiger partial charge in [-0.25, -0.2) is 9.78 Å². The predicted octanol–water partition coefficient (Wildman–Crippen LogP) is 2.92. The Morgan fingerprint density at radius 2 is 2.08 bits per heavy atom. The van der Waals surface area contributed by atoms with Crippen LogP contribution in [0.1, 0.15) is 33.0 Å². The first-order valence-electron chi connectivity index (χ1n) is 7.12. The summed E-state index contributed by atoms with van der Waals surface area (Å²) in [5.41, 5.74) is 0.370. The number of thiophene rings is 1. The Balaban J connectivity index is 1.91. The van der Waals surface area contributed by atoms with Gasteiger partial charge in [-0.15, -0.1) is 21.5 Å². The third kappa shape index (κ3) is 3.35. The summed E-state index contributed by atoms with van der Waals surface area (Å²) in [7, 11) is 0. The molecule has 0 fully saturated rings. The summed E-state index contributed by atoms with van der Waals surface area (Å²) in [6.45, 7) is 5.66. The zero-order valence-electron chi connectivity index (χ0n) is 13.2. The maximum absolute atomic E-state index is 12.4. The Hall–Kier alpha value is -1.78. The molecule has 0 saturated carbocycles. The summed E-state index contributed by atoms with van der Waals surface area (Å²) in [5.74, 6) is 0.602. The fourth-order valence-electron chi connectivity index (χ4n) is 2.12. The second kappa shape index (κ2) is 6.99. The smallest absolute Gasteiger partial charge is 0.348 e. The summed E-state index contributed by atoms with van der Waals surface area (Å²) in [4.78, 5) is 32.5. The SMILES string of the molecule is CCOC(=O)c1sc2nc(CSc3nnc(C)s3)[nH]c(=O)c2c1C. The first-order chi connectivity index (χ1) is 11.5. The monoisotopic (exact) mass is 382 g/mol. The number of thioether (sulfide) groups is 1. The quantitative estimate of drug-likeness (QED) is 0.535. The number of aryl methyl sites for hydroxylation is 2. The lowest BCUT2D eigenvalue weighted by Crippen LogP contribution is -2.11. The van der Waals surface area contributed by atoms with Crippen molar-refractivity contribution >= 4 is 50.6 Å². The van der Waals surface area contributed by atoms with E-state index in [0.717, 1.165) is 9.35 Å². The van der Waals surface area contributed by atoms with E-state index in [1.165, 1.54) is 34.4 Å². The van der Waals surface area contributed by atoms with Gasteiger partial charge in [0.05, 0.1) is 17.7 Å². The highest BCUT2D eigenvalue weighted by atomic mass is 32.2. The van der Waals surface area contributed by atoms with Gasteiger partial charge >= 0.3 is 5.97 Å². The molecule has 0 unspecified atom stereocenters. The van der Waals surface area contributed by atoms with Gasteiger partial charge in [-0.1, -0.05) is 23.1 Å². The predicted molar refractivity (Wildman–Crippen MR) is 95.1 cm³/mol. The number of nitrogens with zero attached hydrogens (tertiary/aromatic N) is 3. The Kier molecular flexibility index (Phi) is 4.97. The lowest BCUT2D eigenvalue weighted by Gasteiger charge is -1.99. The van der Waals surface area contributed by atoms with Crippen molar-refractivity contribution < 1.29 is 9.53 Å². The third-order valence-electron chi connectivity index (χ3n) is 3.15. The third-order valence-corrected chi connectivity index (χ3v) is 6.30. The molecule has 0 amide bonds. The maximum Gasteiger partial charge on any atom is 0.348 e. The average molecular weight is 382 g/mol. The van der Waals surface area contributed by atoms with E-state index in [9.17, 15) is 9.59 Å². The summed E-state index contributed by atoms with van der Waals surface area (Å²) in [6.07, 6.45) is 0. The van der Waals surface area contributed by atoms with Gasteiger partial charge in [-0.2, -0.15) is 0 Å². The van der Waals surface area contributed by atoms with E-state index >= 15 is 0 Å². The van der Waals surface area contributed by atoms with Crippen LogP contribution in [0, 0.1) is 13.8 Å². The van der Waals surface area contributed by atoms with Crippen molar-refractivity contribution in [1.29, 1.82) is 0 Å². The molecule has 0 aliphatic rings. The van der Waals surface area contributed by atoms with E-state index in [2.05, 4.69) is 20.2 Å². The molecule has 0 atom stereocenters. The molecule has 0 spiro atoms. The Labute approximate surface area is 149 Å². The number of fused-ring (bicyclic) bond motifs is 1. The molecule has 0 aliphatic carbocycles. The van der Waals surface area contributed by atoms with E-state index in [-0.39, 0.29) is 5.56 Å². The van der Waals surface area contributed by atoms with Crippen molar-refractivity contribution in [2.45, 2.75) is 30.9 Å². The second-order valence-corrected chi connectivity index (χ2v) is 8.25. The van der Waals surface area contributed by atoms with Crippen molar-refractivity contribution in [3.8, 4) is 0 Å². The van der Waals surface area contributed by atoms with E-state index in [1.54, 1.807) is 13.8 Å². The fraction of sp³-hybridized carbons (Fsp3) is 0.357. The highest BCUT2D eigenvalue weighted by Gasteiger charge is 2.20. The minimum absolute atomic E-state index is 0.242. The van der Waals surface area contributed by atoms with Crippen LogP contribution in [0.15, 0.2) is 9.13 Å². The van der Waals surface area contributed by atoms with Crippen LogP contribution in [0.5, 0.6) is 0 Å². The van der Waals surface area contributed by atoms with Gasteiger partial charge in [-0.05, 0) is 26.3 Å². The highest BCUT2D eigenvalue weighted by Crippen LogP contribution is 2.29. The molecular weight excluding hydrogens is 368 g/mol. The highest BCUT2D eigenvalue weighted by molar-refractivity contribution is 8.00. The number of carbonyl (C=O) groups is 1. The van der Waals surface area contributed by atoms with E-state index in [4.69, 9.17) is 4.74 Å². The lowest BCUT2D eigenvalue weighted by molar-refractivity contribution is 0.0531. The van der Waals surface area contributed by atoms with Crippen molar-refractivity contribution in [2.24, 2.45) is 0 Å². The number of rotatable bonds is 5. The number of ether oxygens (including phenoxy) is 1. The van der Waals surface area contributed by atoms with Gasteiger partial charge in [0.25, 0.3) is 5.56 Å². The number of carbonyl (C=O) groups excluding carboxylic acids is 1. The molecule has 126 valence electrons. The van der Waals surface area contributed by atoms with Crippen molar-refractivity contribution in [2.75, 3.05) is 6.61 Å². The molecule has 0 aromatic carbocycles. The summed E-state index contributed by atoms with van der Waals surface area (Å²) in [6, 6.07) is 0. The molecule has 0 aliphatic heterocycles. The number of esters is 1. The van der Waals surface area contributed by atoms with Gasteiger partial charge in [0.15, 0.2) is 4.34 Å². The maximum atomic E-state index is 12.4. The summed E-state index contributed by atoms with van der Waals surface area (Å²) >= 11 is 4.14. The number of aromatic amines is 1. The van der Waals surface area contributed by atoms with Crippen LogP contribution in [0.3, 0.4) is 0 Å². The Morgan fingerprint density at radius 3 is 2.75 bits per heavy atom. The minimum Gasteiger partial charge on any atom is -0.462 e. The number of H-pyrrole nitrogens is 1. The molecule has 0 radical (unpaired) electrons. The zero-order valence-corrected chi connectivity index (χ0v) is 15.7. The summed E-state index contributed by atoms with van der Waals surface area (Å²) in [5, 5.41) is 9.32. The van der Waals surface area contributed by atoms with Crippen molar-refractivity contribution in [3.63, 3.8) is 0 Å². The molecular formula is C14H14N4O3S3. The molecule has 3 aromatic rings. The molecule has 3 heterocycles. The molecule has 3 rings (SSSR count). The second-order valence-electron chi connectivity index (χ2n) is 4.85. The minimum atomic E-state index is -0.419. The topological polar surface area (TPSA) is 97.8 Å². The van der Waals surface area contributed by atoms with Crippen LogP contribution in [-0.2, 0) is 10.5 Å². The van der Waals surface area contributed by atoms with Crippen LogP contribution < -0.4 is 5.56 Å². The van der Waals surface area contributed by atoms with Gasteiger partial charge in [-0.3, -0.25) is 4.79 Å². The number of hydrogen-bond donors (Lipinski definition) is 1. The van der Waals surface area contributed by atoms with E-state index in [0.29, 0.717) is 38.8 Å². The fourth-order valence-corrected chi connectivity index (χ4v) is 4.90. The molecule has 3 aromatic heterocycles. The summed E-state index contributed by atoms with van der Waals surface area (Å²) < 4.78 is 5.85. The lowest BCUT2D eigenvalue weighted by atomic mass is 10.2. The van der Waals surface area contributed by atoms with E-state index in [1.807, 2.05) is 6.92 Å². The first-order valence-corrected chi connectivity index (χ1v) is 9.73. The van der Waals surface area contributed by atoms with Crippen LogP contribution in [0.4, 0.5) is 0 Å².